The van der Waals surface area contributed by atoms with Crippen molar-refractivity contribution in [2.45, 2.75) is 6.42 Å². The monoisotopic (exact) mass is 375 g/mol. The highest BCUT2D eigenvalue weighted by atomic mass is 19.1. The lowest BCUT2D eigenvalue weighted by Gasteiger charge is -2.08. The van der Waals surface area contributed by atoms with Gasteiger partial charge in [0.15, 0.2) is 6.61 Å². The van der Waals surface area contributed by atoms with Crippen LogP contribution in [0.2, 0.25) is 0 Å². The van der Waals surface area contributed by atoms with Crippen molar-refractivity contribution >= 4 is 23.5 Å². The Labute approximate surface area is 152 Å². The minimum Gasteiger partial charge on any atom is -0.455 e. The number of nitrogens with zero attached hydrogens (tertiary/aromatic N) is 1. The van der Waals surface area contributed by atoms with Gasteiger partial charge in [-0.25, -0.2) is 4.39 Å². The number of carbonyl (C=O) groups is 3. The predicted octanol–water partition coefficient (Wildman–Crippen LogP) is 1.28. The predicted molar refractivity (Wildman–Crippen MR) is 89.8 cm³/mol. The Hall–Kier alpha value is -3.82. The molecule has 0 aliphatic carbocycles. The van der Waals surface area contributed by atoms with Crippen LogP contribution in [0.25, 0.3) is 0 Å². The molecule has 0 bridgehead atoms. The van der Waals surface area contributed by atoms with E-state index in [0.29, 0.717) is 0 Å². The molecular weight excluding hydrogens is 361 g/mol. The lowest BCUT2D eigenvalue weighted by Crippen LogP contribution is -2.43. The van der Waals surface area contributed by atoms with E-state index in [1.54, 1.807) is 6.07 Å². The first-order valence-corrected chi connectivity index (χ1v) is 7.59. The maximum absolute atomic E-state index is 13.4. The number of nitro groups is 1. The molecule has 0 aliphatic rings. The molecule has 0 unspecified atom stereocenters. The van der Waals surface area contributed by atoms with Gasteiger partial charge in [-0.15, -0.1) is 0 Å². The Balaban J connectivity index is 1.78. The third-order valence-electron chi connectivity index (χ3n) is 3.29. The number of hydrogen-bond acceptors (Lipinski definition) is 6. The van der Waals surface area contributed by atoms with Crippen LogP contribution < -0.4 is 10.9 Å². The fourth-order valence-electron chi connectivity index (χ4n) is 1.99. The first-order valence-electron chi connectivity index (χ1n) is 7.59. The van der Waals surface area contributed by atoms with E-state index in [4.69, 9.17) is 4.74 Å². The van der Waals surface area contributed by atoms with E-state index in [-0.39, 0.29) is 23.2 Å². The number of nitrogens with one attached hydrogen (secondary N) is 2. The molecule has 2 aromatic rings. The highest BCUT2D eigenvalue weighted by Gasteiger charge is 2.14. The van der Waals surface area contributed by atoms with E-state index >= 15 is 0 Å². The highest BCUT2D eigenvalue weighted by Crippen LogP contribution is 2.12. The average Bonchev–Trinajstić information content (AvgIpc) is 2.66. The molecule has 2 aromatic carbocycles. The fourth-order valence-corrected chi connectivity index (χ4v) is 1.99. The van der Waals surface area contributed by atoms with E-state index < -0.39 is 35.1 Å². The van der Waals surface area contributed by atoms with Crippen molar-refractivity contribution in [1.29, 1.82) is 0 Å². The van der Waals surface area contributed by atoms with Gasteiger partial charge in [-0.05, 0) is 17.7 Å². The summed E-state index contributed by atoms with van der Waals surface area (Å²) in [5.74, 6) is -3.01. The smallest absolute Gasteiger partial charge is 0.310 e. The van der Waals surface area contributed by atoms with Gasteiger partial charge in [-0.1, -0.05) is 24.3 Å². The number of halogens is 1. The largest absolute Gasteiger partial charge is 0.455 e. The number of non-ortho nitro benzene ring substituents is 1. The Morgan fingerprint density at radius 3 is 2.52 bits per heavy atom. The normalized spacial score (nSPS) is 9.96. The molecule has 10 heteroatoms. The quantitative estimate of drug-likeness (QED) is 0.445. The lowest BCUT2D eigenvalue weighted by molar-refractivity contribution is -0.384. The lowest BCUT2D eigenvalue weighted by atomic mass is 10.1. The van der Waals surface area contributed by atoms with Gasteiger partial charge in [0.2, 0.25) is 0 Å². The van der Waals surface area contributed by atoms with Crippen LogP contribution in [0.5, 0.6) is 0 Å². The maximum atomic E-state index is 13.4. The number of carbonyl (C=O) groups excluding carboxylic acids is 3. The van der Waals surface area contributed by atoms with Crippen LogP contribution in [0.15, 0.2) is 48.5 Å². The van der Waals surface area contributed by atoms with Crippen LogP contribution in [0.3, 0.4) is 0 Å². The second-order valence-electron chi connectivity index (χ2n) is 5.24. The summed E-state index contributed by atoms with van der Waals surface area (Å²) in [5.41, 5.74) is 3.84. The summed E-state index contributed by atoms with van der Waals surface area (Å²) >= 11 is 0. The van der Waals surface area contributed by atoms with Crippen molar-refractivity contribution in [2.24, 2.45) is 0 Å². The van der Waals surface area contributed by atoms with Crippen LogP contribution in [0, 0.1) is 15.9 Å². The van der Waals surface area contributed by atoms with Gasteiger partial charge in [-0.2, -0.15) is 0 Å². The van der Waals surface area contributed by atoms with Crippen LogP contribution in [-0.4, -0.2) is 29.3 Å². The van der Waals surface area contributed by atoms with Gasteiger partial charge in [0.1, 0.15) is 5.82 Å². The van der Waals surface area contributed by atoms with Crippen molar-refractivity contribution in [1.82, 2.24) is 10.9 Å². The minimum absolute atomic E-state index is 0.0407. The van der Waals surface area contributed by atoms with Crippen LogP contribution >= 0.6 is 0 Å². The third kappa shape index (κ3) is 5.88. The second-order valence-corrected chi connectivity index (χ2v) is 5.24. The molecule has 0 aromatic heterocycles. The molecule has 0 radical (unpaired) electrons. The van der Waals surface area contributed by atoms with Crippen molar-refractivity contribution in [3.05, 3.63) is 75.6 Å². The summed E-state index contributed by atoms with van der Waals surface area (Å²) in [6.45, 7) is -0.692. The number of esters is 1. The van der Waals surface area contributed by atoms with Crippen LogP contribution in [0.1, 0.15) is 15.9 Å². The third-order valence-corrected chi connectivity index (χ3v) is 3.29. The number of hydrazine groups is 1. The van der Waals surface area contributed by atoms with Crippen LogP contribution in [-0.2, 0) is 20.7 Å². The first-order chi connectivity index (χ1) is 12.9. The molecule has 0 spiro atoms. The van der Waals surface area contributed by atoms with Crippen molar-refractivity contribution < 1.29 is 28.4 Å². The minimum atomic E-state index is -0.837. The number of rotatable bonds is 6. The summed E-state index contributed by atoms with van der Waals surface area (Å²) in [5, 5.41) is 10.7. The molecule has 2 N–H and O–H groups in total. The molecule has 0 atom stereocenters. The molecule has 0 saturated heterocycles. The Kier molecular flexibility index (Phi) is 6.53. The van der Waals surface area contributed by atoms with Gasteiger partial charge < -0.3 is 4.74 Å². The highest BCUT2D eigenvalue weighted by molar-refractivity contribution is 5.96. The summed E-state index contributed by atoms with van der Waals surface area (Å²) in [4.78, 5) is 45.1. The fraction of sp³-hybridized carbons (Fsp3) is 0.118. The van der Waals surface area contributed by atoms with Gasteiger partial charge >= 0.3 is 5.97 Å². The molecule has 0 heterocycles. The van der Waals surface area contributed by atoms with Crippen LogP contribution in [0.4, 0.5) is 10.1 Å². The average molecular weight is 375 g/mol. The van der Waals surface area contributed by atoms with Crippen molar-refractivity contribution in [3.8, 4) is 0 Å². The zero-order valence-electron chi connectivity index (χ0n) is 13.8. The Morgan fingerprint density at radius 1 is 1.07 bits per heavy atom. The Bertz CT molecular complexity index is 886. The standard InChI is InChI=1S/C17H14FN3O6/c18-14-7-2-1-4-11(14)9-16(23)27-10-15(22)19-20-17(24)12-5-3-6-13(8-12)21(25)26/h1-8H,9-10H2,(H,19,22)(H,20,24). The summed E-state index contributed by atoms with van der Waals surface area (Å²) in [6, 6.07) is 10.5. The number of hydrogen-bond donors (Lipinski definition) is 2. The number of ether oxygens (including phenoxy) is 1. The van der Waals surface area contributed by atoms with E-state index in [0.717, 1.165) is 6.07 Å². The van der Waals surface area contributed by atoms with Gasteiger partial charge in [0.25, 0.3) is 17.5 Å². The topological polar surface area (TPSA) is 128 Å². The van der Waals surface area contributed by atoms with E-state index in [2.05, 4.69) is 0 Å². The molecule has 0 fully saturated rings. The molecule has 27 heavy (non-hydrogen) atoms. The summed E-state index contributed by atoms with van der Waals surface area (Å²) in [6.07, 6.45) is -0.347. The maximum Gasteiger partial charge on any atom is 0.310 e. The summed E-state index contributed by atoms with van der Waals surface area (Å²) in [7, 11) is 0. The molecule has 140 valence electrons. The van der Waals surface area contributed by atoms with E-state index in [9.17, 15) is 28.9 Å². The number of benzene rings is 2. The molecular formula is C17H14FN3O6. The molecule has 2 amide bonds. The zero-order chi connectivity index (χ0) is 19.8. The molecule has 0 aliphatic heterocycles. The number of amides is 2. The van der Waals surface area contributed by atoms with E-state index in [1.807, 2.05) is 10.9 Å². The first kappa shape index (κ1) is 19.5. The SMILES string of the molecule is O=C(COC(=O)Cc1ccccc1F)NNC(=O)c1cccc([N+](=O)[O-])c1. The van der Waals surface area contributed by atoms with Gasteiger partial charge in [0.05, 0.1) is 11.3 Å². The van der Waals surface area contributed by atoms with E-state index in [1.165, 1.54) is 36.4 Å². The second kappa shape index (κ2) is 9.04. The van der Waals surface area contributed by atoms with Crippen molar-refractivity contribution in [2.75, 3.05) is 6.61 Å². The number of nitro benzene ring substituents is 1. The van der Waals surface area contributed by atoms with Crippen molar-refractivity contribution in [3.63, 3.8) is 0 Å². The summed E-state index contributed by atoms with van der Waals surface area (Å²) < 4.78 is 18.1. The molecule has 2 rings (SSSR count). The molecule has 0 saturated carbocycles. The zero-order valence-corrected chi connectivity index (χ0v) is 13.8. The Morgan fingerprint density at radius 2 is 1.81 bits per heavy atom. The molecule has 9 nitrogen and oxygen atoms in total. The van der Waals surface area contributed by atoms with Gasteiger partial charge in [0, 0.05) is 17.7 Å². The van der Waals surface area contributed by atoms with Gasteiger partial charge in [-0.3, -0.25) is 35.3 Å².